The fourth-order valence-corrected chi connectivity index (χ4v) is 3.07. The van der Waals surface area contributed by atoms with Gasteiger partial charge in [-0.25, -0.2) is 0 Å². The number of hydrogen-bond acceptors (Lipinski definition) is 2. The fraction of sp³-hybridized carbons (Fsp3) is 0.0435. The van der Waals surface area contributed by atoms with Crippen LogP contribution in [-0.4, -0.2) is 10.9 Å². The second kappa shape index (κ2) is 7.19. The van der Waals surface area contributed by atoms with Crippen molar-refractivity contribution in [1.82, 2.24) is 10.3 Å². The van der Waals surface area contributed by atoms with Gasteiger partial charge >= 0.3 is 0 Å². The molecule has 0 aliphatic rings. The third kappa shape index (κ3) is 3.33. The molecule has 26 heavy (non-hydrogen) atoms. The first-order valence-corrected chi connectivity index (χ1v) is 8.56. The van der Waals surface area contributed by atoms with Gasteiger partial charge in [-0.3, -0.25) is 9.78 Å². The Kier molecular flexibility index (Phi) is 4.44. The van der Waals surface area contributed by atoms with Crippen LogP contribution in [0.2, 0.25) is 0 Å². The Labute approximate surface area is 152 Å². The van der Waals surface area contributed by atoms with Crippen molar-refractivity contribution < 1.29 is 4.79 Å². The minimum Gasteiger partial charge on any atom is -0.348 e. The molecule has 0 bridgehead atoms. The minimum atomic E-state index is -0.0782. The number of benzene rings is 3. The van der Waals surface area contributed by atoms with Gasteiger partial charge in [0.15, 0.2) is 0 Å². The van der Waals surface area contributed by atoms with Gasteiger partial charge in [-0.1, -0.05) is 54.6 Å². The molecule has 4 rings (SSSR count). The third-order valence-electron chi connectivity index (χ3n) is 4.43. The van der Waals surface area contributed by atoms with Gasteiger partial charge in [0.1, 0.15) is 0 Å². The van der Waals surface area contributed by atoms with Gasteiger partial charge in [-0.2, -0.15) is 0 Å². The van der Waals surface area contributed by atoms with Crippen LogP contribution in [0.25, 0.3) is 21.9 Å². The lowest BCUT2D eigenvalue weighted by atomic mass is 9.96. The lowest BCUT2D eigenvalue weighted by Gasteiger charge is -2.11. The number of nitrogens with zero attached hydrogens (tertiary/aromatic N) is 1. The highest BCUT2D eigenvalue weighted by molar-refractivity contribution is 6.01. The highest BCUT2D eigenvalue weighted by Crippen LogP contribution is 2.27. The van der Waals surface area contributed by atoms with Crippen molar-refractivity contribution in [2.24, 2.45) is 0 Å². The predicted molar refractivity (Wildman–Crippen MR) is 105 cm³/mol. The largest absolute Gasteiger partial charge is 0.348 e. The van der Waals surface area contributed by atoms with Crippen LogP contribution in [0.4, 0.5) is 0 Å². The van der Waals surface area contributed by atoms with Crippen LogP contribution in [0.3, 0.4) is 0 Å². The summed E-state index contributed by atoms with van der Waals surface area (Å²) in [5, 5.41) is 5.35. The summed E-state index contributed by atoms with van der Waals surface area (Å²) in [5.41, 5.74) is 3.68. The molecule has 3 nitrogen and oxygen atoms in total. The van der Waals surface area contributed by atoms with Crippen LogP contribution in [0.1, 0.15) is 15.9 Å². The van der Waals surface area contributed by atoms with E-state index in [0.717, 1.165) is 22.1 Å². The summed E-state index contributed by atoms with van der Waals surface area (Å²) in [6, 6.07) is 26.0. The zero-order chi connectivity index (χ0) is 17.8. The van der Waals surface area contributed by atoms with Crippen LogP contribution in [0.15, 0.2) is 91.3 Å². The molecule has 1 N–H and O–H groups in total. The molecular weight excluding hydrogens is 320 g/mol. The molecule has 1 amide bonds. The van der Waals surface area contributed by atoms with Gasteiger partial charge < -0.3 is 5.32 Å². The van der Waals surface area contributed by atoms with E-state index in [1.807, 2.05) is 48.5 Å². The molecule has 3 heteroatoms. The number of carbonyl (C=O) groups excluding carboxylic acids is 1. The Morgan fingerprint density at radius 1 is 0.808 bits per heavy atom. The Morgan fingerprint density at radius 2 is 1.54 bits per heavy atom. The molecule has 0 atom stereocenters. The first-order chi connectivity index (χ1) is 12.8. The van der Waals surface area contributed by atoms with E-state index < -0.39 is 0 Å². The van der Waals surface area contributed by atoms with E-state index in [4.69, 9.17) is 0 Å². The second-order valence-corrected chi connectivity index (χ2v) is 6.15. The number of nitrogens with one attached hydrogen (secondary N) is 1. The number of hydrogen-bond donors (Lipinski definition) is 1. The normalized spacial score (nSPS) is 10.6. The first kappa shape index (κ1) is 16.0. The monoisotopic (exact) mass is 338 g/mol. The third-order valence-corrected chi connectivity index (χ3v) is 4.43. The molecule has 0 aliphatic carbocycles. The summed E-state index contributed by atoms with van der Waals surface area (Å²) >= 11 is 0. The van der Waals surface area contributed by atoms with Crippen molar-refractivity contribution in [2.75, 3.05) is 0 Å². The summed E-state index contributed by atoms with van der Waals surface area (Å²) in [6.45, 7) is 0.480. The van der Waals surface area contributed by atoms with Crippen molar-refractivity contribution in [3.05, 3.63) is 102 Å². The standard InChI is InChI=1S/C23H18N2O/c26-23(25-16-17-11-13-24-14-12-17)22-8-4-3-7-21(22)20-10-9-18-5-1-2-6-19(18)15-20/h1-15H,16H2,(H,25,26). The van der Waals surface area contributed by atoms with Crippen LogP contribution < -0.4 is 5.32 Å². The Bertz CT molecular complexity index is 1060. The molecule has 0 fully saturated rings. The zero-order valence-electron chi connectivity index (χ0n) is 14.2. The van der Waals surface area contributed by atoms with Crippen LogP contribution >= 0.6 is 0 Å². The van der Waals surface area contributed by atoms with E-state index in [9.17, 15) is 4.79 Å². The van der Waals surface area contributed by atoms with E-state index in [1.54, 1.807) is 12.4 Å². The quantitative estimate of drug-likeness (QED) is 0.579. The molecule has 0 spiro atoms. The molecule has 4 aromatic rings. The van der Waals surface area contributed by atoms with Gasteiger partial charge in [0, 0.05) is 24.5 Å². The average molecular weight is 338 g/mol. The molecule has 0 aliphatic heterocycles. The number of amides is 1. The van der Waals surface area contributed by atoms with Crippen molar-refractivity contribution in [3.8, 4) is 11.1 Å². The van der Waals surface area contributed by atoms with Gasteiger partial charge in [-0.15, -0.1) is 0 Å². The highest BCUT2D eigenvalue weighted by atomic mass is 16.1. The maximum Gasteiger partial charge on any atom is 0.252 e. The van der Waals surface area contributed by atoms with Gasteiger partial charge in [-0.05, 0) is 51.7 Å². The molecule has 1 aromatic heterocycles. The number of fused-ring (bicyclic) bond motifs is 1. The average Bonchev–Trinajstić information content (AvgIpc) is 2.72. The highest BCUT2D eigenvalue weighted by Gasteiger charge is 2.12. The smallest absolute Gasteiger partial charge is 0.252 e. The van der Waals surface area contributed by atoms with Gasteiger partial charge in [0.2, 0.25) is 0 Å². The molecule has 126 valence electrons. The summed E-state index contributed by atoms with van der Waals surface area (Å²) in [4.78, 5) is 16.7. The zero-order valence-corrected chi connectivity index (χ0v) is 14.2. The molecule has 0 unspecified atom stereocenters. The second-order valence-electron chi connectivity index (χ2n) is 6.15. The van der Waals surface area contributed by atoms with Crippen molar-refractivity contribution in [3.63, 3.8) is 0 Å². The molecule has 3 aromatic carbocycles. The van der Waals surface area contributed by atoms with Gasteiger partial charge in [0.25, 0.3) is 5.91 Å². The maximum absolute atomic E-state index is 12.7. The number of carbonyl (C=O) groups is 1. The summed E-state index contributed by atoms with van der Waals surface area (Å²) in [7, 11) is 0. The molecular formula is C23H18N2O. The van der Waals surface area contributed by atoms with Crippen LogP contribution in [-0.2, 0) is 6.54 Å². The minimum absolute atomic E-state index is 0.0782. The van der Waals surface area contributed by atoms with Crippen molar-refractivity contribution in [2.45, 2.75) is 6.54 Å². The molecule has 0 saturated heterocycles. The lowest BCUT2D eigenvalue weighted by Crippen LogP contribution is -2.23. The van der Waals surface area contributed by atoms with Crippen molar-refractivity contribution >= 4 is 16.7 Å². The van der Waals surface area contributed by atoms with E-state index in [-0.39, 0.29) is 5.91 Å². The molecule has 0 saturated carbocycles. The molecule has 0 radical (unpaired) electrons. The van der Waals surface area contributed by atoms with E-state index in [2.05, 4.69) is 40.6 Å². The van der Waals surface area contributed by atoms with Crippen LogP contribution in [0.5, 0.6) is 0 Å². The number of rotatable bonds is 4. The maximum atomic E-state index is 12.7. The lowest BCUT2D eigenvalue weighted by molar-refractivity contribution is 0.0951. The predicted octanol–water partition coefficient (Wildman–Crippen LogP) is 4.83. The molecule has 1 heterocycles. The summed E-state index contributed by atoms with van der Waals surface area (Å²) in [5.74, 6) is -0.0782. The SMILES string of the molecule is O=C(NCc1ccncc1)c1ccccc1-c1ccc2ccccc2c1. The summed E-state index contributed by atoms with van der Waals surface area (Å²) < 4.78 is 0. The van der Waals surface area contributed by atoms with Crippen molar-refractivity contribution in [1.29, 1.82) is 0 Å². The Balaban J connectivity index is 1.64. The van der Waals surface area contributed by atoms with Crippen LogP contribution in [0, 0.1) is 0 Å². The fourth-order valence-electron chi connectivity index (χ4n) is 3.07. The first-order valence-electron chi connectivity index (χ1n) is 8.56. The topological polar surface area (TPSA) is 42.0 Å². The summed E-state index contributed by atoms with van der Waals surface area (Å²) in [6.07, 6.45) is 3.45. The Hall–Kier alpha value is -3.46. The number of pyridine rings is 1. The Morgan fingerprint density at radius 3 is 2.38 bits per heavy atom. The van der Waals surface area contributed by atoms with Gasteiger partial charge in [0.05, 0.1) is 0 Å². The van der Waals surface area contributed by atoms with E-state index >= 15 is 0 Å². The van der Waals surface area contributed by atoms with E-state index in [1.165, 1.54) is 5.39 Å². The van der Waals surface area contributed by atoms with E-state index in [0.29, 0.717) is 12.1 Å². The number of aromatic nitrogens is 1.